The maximum atomic E-state index is 12.3. The van der Waals surface area contributed by atoms with E-state index in [1.807, 2.05) is 51.1 Å². The molecule has 2 rings (SSSR count). The van der Waals surface area contributed by atoms with E-state index in [0.717, 1.165) is 18.4 Å². The van der Waals surface area contributed by atoms with Crippen LogP contribution in [-0.2, 0) is 9.53 Å². The Morgan fingerprint density at radius 2 is 1.95 bits per heavy atom. The lowest BCUT2D eigenvalue weighted by Gasteiger charge is -2.31. The highest BCUT2D eigenvalue weighted by Crippen LogP contribution is 2.35. The average Bonchev–Trinajstić information content (AvgIpc) is 2.44. The Kier molecular flexibility index (Phi) is 5.22. The molecule has 0 bridgehead atoms. The number of benzene rings is 1. The third kappa shape index (κ3) is 4.58. The van der Waals surface area contributed by atoms with Crippen LogP contribution in [0, 0.1) is 5.92 Å². The van der Waals surface area contributed by atoms with Gasteiger partial charge in [-0.1, -0.05) is 30.3 Å². The largest absolute Gasteiger partial charge is 0.444 e. The van der Waals surface area contributed by atoms with Crippen LogP contribution >= 0.6 is 0 Å². The van der Waals surface area contributed by atoms with Crippen LogP contribution in [0.4, 0.5) is 4.79 Å². The van der Waals surface area contributed by atoms with Gasteiger partial charge in [0.1, 0.15) is 11.4 Å². The van der Waals surface area contributed by atoms with E-state index in [2.05, 4.69) is 5.32 Å². The second-order valence-corrected chi connectivity index (χ2v) is 6.89. The van der Waals surface area contributed by atoms with Gasteiger partial charge in [-0.15, -0.1) is 0 Å². The summed E-state index contributed by atoms with van der Waals surface area (Å²) in [5.41, 5.74) is 0.536. The summed E-state index contributed by atoms with van der Waals surface area (Å²) in [5, 5.41) is 2.82. The summed E-state index contributed by atoms with van der Waals surface area (Å²) in [4.78, 5) is 24.1. The van der Waals surface area contributed by atoms with Crippen molar-refractivity contribution in [1.82, 2.24) is 5.32 Å². The SMILES string of the molecule is CC(C)(C)OC(=O)NC[C@@H]1CCCC(=O)[C@H]1c1ccccc1. The number of amides is 1. The van der Waals surface area contributed by atoms with Crippen molar-refractivity contribution in [3.05, 3.63) is 35.9 Å². The van der Waals surface area contributed by atoms with Crippen molar-refractivity contribution in [2.45, 2.75) is 51.6 Å². The zero-order valence-corrected chi connectivity index (χ0v) is 13.6. The number of ketones is 1. The number of hydrogen-bond donors (Lipinski definition) is 1. The maximum absolute atomic E-state index is 12.3. The summed E-state index contributed by atoms with van der Waals surface area (Å²) >= 11 is 0. The van der Waals surface area contributed by atoms with E-state index in [9.17, 15) is 9.59 Å². The topological polar surface area (TPSA) is 55.4 Å². The van der Waals surface area contributed by atoms with E-state index in [-0.39, 0.29) is 17.6 Å². The van der Waals surface area contributed by atoms with Crippen LogP contribution < -0.4 is 5.32 Å². The fraction of sp³-hybridized carbons (Fsp3) is 0.556. The molecule has 1 aliphatic rings. The highest BCUT2D eigenvalue weighted by Gasteiger charge is 2.33. The first-order valence-electron chi connectivity index (χ1n) is 7.91. The number of Topliss-reactive ketones (excluding diaryl/α,β-unsaturated/α-hetero) is 1. The summed E-state index contributed by atoms with van der Waals surface area (Å²) in [5.74, 6) is 0.287. The smallest absolute Gasteiger partial charge is 0.407 e. The molecule has 1 N–H and O–H groups in total. The standard InChI is InChI=1S/C18H25NO3/c1-18(2,3)22-17(21)19-12-14-10-7-11-15(20)16(14)13-8-5-4-6-9-13/h4-6,8-9,14,16H,7,10-12H2,1-3H3,(H,19,21)/t14-,16-/m0/s1. The molecule has 0 unspecified atom stereocenters. The van der Waals surface area contributed by atoms with E-state index in [4.69, 9.17) is 4.74 Å². The molecule has 0 aliphatic heterocycles. The molecule has 2 atom stereocenters. The van der Waals surface area contributed by atoms with Crippen molar-refractivity contribution in [1.29, 1.82) is 0 Å². The molecule has 1 fully saturated rings. The minimum atomic E-state index is -0.509. The van der Waals surface area contributed by atoms with Gasteiger partial charge in [0, 0.05) is 18.9 Å². The van der Waals surface area contributed by atoms with Crippen molar-refractivity contribution in [3.63, 3.8) is 0 Å². The minimum Gasteiger partial charge on any atom is -0.444 e. The Labute approximate surface area is 132 Å². The number of carbonyl (C=O) groups is 2. The van der Waals surface area contributed by atoms with Gasteiger partial charge in [-0.3, -0.25) is 4.79 Å². The third-order valence-electron chi connectivity index (χ3n) is 3.88. The molecule has 0 aromatic heterocycles. The summed E-state index contributed by atoms with van der Waals surface area (Å²) in [6.07, 6.45) is 2.05. The molecule has 1 saturated carbocycles. The van der Waals surface area contributed by atoms with Crippen molar-refractivity contribution in [2.75, 3.05) is 6.54 Å². The second-order valence-electron chi connectivity index (χ2n) is 6.89. The second kappa shape index (κ2) is 6.95. The van der Waals surface area contributed by atoms with Crippen molar-refractivity contribution >= 4 is 11.9 Å². The maximum Gasteiger partial charge on any atom is 0.407 e. The predicted molar refractivity (Wildman–Crippen MR) is 85.8 cm³/mol. The Morgan fingerprint density at radius 3 is 2.59 bits per heavy atom. The fourth-order valence-corrected chi connectivity index (χ4v) is 2.99. The van der Waals surface area contributed by atoms with Gasteiger partial charge in [0.15, 0.2) is 0 Å². The van der Waals surface area contributed by atoms with Gasteiger partial charge < -0.3 is 10.1 Å². The molecular weight excluding hydrogens is 278 g/mol. The van der Waals surface area contributed by atoms with E-state index in [0.29, 0.717) is 13.0 Å². The summed E-state index contributed by atoms with van der Waals surface area (Å²) in [7, 11) is 0. The Balaban J connectivity index is 2.01. The molecule has 1 aromatic carbocycles. The molecule has 1 aromatic rings. The quantitative estimate of drug-likeness (QED) is 0.927. The molecule has 120 valence electrons. The van der Waals surface area contributed by atoms with E-state index in [1.54, 1.807) is 0 Å². The molecule has 0 radical (unpaired) electrons. The number of rotatable bonds is 3. The van der Waals surface area contributed by atoms with Crippen molar-refractivity contribution < 1.29 is 14.3 Å². The van der Waals surface area contributed by atoms with Gasteiger partial charge in [-0.2, -0.15) is 0 Å². The number of ether oxygens (including phenoxy) is 1. The number of alkyl carbamates (subject to hydrolysis) is 1. The predicted octanol–water partition coefficient (Wildman–Crippen LogP) is 3.66. The van der Waals surface area contributed by atoms with Crippen LogP contribution in [0.1, 0.15) is 51.5 Å². The molecule has 0 saturated heterocycles. The van der Waals surface area contributed by atoms with Gasteiger partial charge in [0.25, 0.3) is 0 Å². The van der Waals surface area contributed by atoms with E-state index >= 15 is 0 Å². The summed E-state index contributed by atoms with van der Waals surface area (Å²) < 4.78 is 5.26. The van der Waals surface area contributed by atoms with Gasteiger partial charge in [0.05, 0.1) is 0 Å². The van der Waals surface area contributed by atoms with Gasteiger partial charge >= 0.3 is 6.09 Å². The molecule has 0 spiro atoms. The Hall–Kier alpha value is -1.84. The van der Waals surface area contributed by atoms with E-state index in [1.165, 1.54) is 0 Å². The molecule has 0 heterocycles. The third-order valence-corrected chi connectivity index (χ3v) is 3.88. The number of nitrogens with one attached hydrogen (secondary N) is 1. The average molecular weight is 303 g/mol. The normalized spacial score (nSPS) is 22.2. The lowest BCUT2D eigenvalue weighted by molar-refractivity contribution is -0.123. The van der Waals surface area contributed by atoms with Gasteiger partial charge in [-0.05, 0) is 45.1 Å². The van der Waals surface area contributed by atoms with Crippen molar-refractivity contribution in [3.8, 4) is 0 Å². The van der Waals surface area contributed by atoms with Gasteiger partial charge in [-0.25, -0.2) is 4.79 Å². The molecule has 1 amide bonds. The molecule has 4 heteroatoms. The molecule has 22 heavy (non-hydrogen) atoms. The van der Waals surface area contributed by atoms with Crippen LogP contribution in [0.3, 0.4) is 0 Å². The molecular formula is C18H25NO3. The Morgan fingerprint density at radius 1 is 1.27 bits per heavy atom. The van der Waals surface area contributed by atoms with E-state index < -0.39 is 11.7 Å². The molecule has 1 aliphatic carbocycles. The van der Waals surface area contributed by atoms with Crippen LogP contribution in [0.2, 0.25) is 0 Å². The first-order chi connectivity index (χ1) is 10.4. The zero-order valence-electron chi connectivity index (χ0n) is 13.6. The van der Waals surface area contributed by atoms with Crippen LogP contribution in [0.25, 0.3) is 0 Å². The first kappa shape index (κ1) is 16.5. The minimum absolute atomic E-state index is 0.120. The van der Waals surface area contributed by atoms with Crippen LogP contribution in [-0.4, -0.2) is 24.0 Å². The monoisotopic (exact) mass is 303 g/mol. The first-order valence-corrected chi connectivity index (χ1v) is 7.91. The zero-order chi connectivity index (χ0) is 16.2. The lowest BCUT2D eigenvalue weighted by atomic mass is 9.74. The number of carbonyl (C=O) groups excluding carboxylic acids is 2. The Bertz CT molecular complexity index is 519. The molecule has 4 nitrogen and oxygen atoms in total. The van der Waals surface area contributed by atoms with Crippen molar-refractivity contribution in [2.24, 2.45) is 5.92 Å². The highest BCUT2D eigenvalue weighted by atomic mass is 16.6. The van der Waals surface area contributed by atoms with Gasteiger partial charge in [0.2, 0.25) is 0 Å². The van der Waals surface area contributed by atoms with Crippen LogP contribution in [0.5, 0.6) is 0 Å². The fourth-order valence-electron chi connectivity index (χ4n) is 2.99. The summed E-state index contributed by atoms with van der Waals surface area (Å²) in [6.45, 7) is 5.98. The van der Waals surface area contributed by atoms with Crippen LogP contribution in [0.15, 0.2) is 30.3 Å². The lowest BCUT2D eigenvalue weighted by Crippen LogP contribution is -2.39. The highest BCUT2D eigenvalue weighted by molar-refractivity contribution is 5.86. The summed E-state index contributed by atoms with van der Waals surface area (Å²) in [6, 6.07) is 9.85. The number of hydrogen-bond acceptors (Lipinski definition) is 3.